The number of carbonyl (C=O) groups is 1. The third-order valence-electron chi connectivity index (χ3n) is 4.43. The van der Waals surface area contributed by atoms with E-state index < -0.39 is 5.54 Å². The van der Waals surface area contributed by atoms with Crippen molar-refractivity contribution >= 4 is 17.7 Å². The summed E-state index contributed by atoms with van der Waals surface area (Å²) in [7, 11) is 0. The van der Waals surface area contributed by atoms with Crippen LogP contribution in [-0.4, -0.2) is 28.0 Å². The number of rotatable bonds is 5. The summed E-state index contributed by atoms with van der Waals surface area (Å²) in [6, 6.07) is 0.308. The number of nitrogens with two attached hydrogens (primary N) is 1. The van der Waals surface area contributed by atoms with Crippen molar-refractivity contribution in [1.29, 1.82) is 0 Å². The molecule has 2 unspecified atom stereocenters. The molecule has 3 N–H and O–H groups in total. The van der Waals surface area contributed by atoms with E-state index in [-0.39, 0.29) is 5.91 Å². The van der Waals surface area contributed by atoms with Crippen molar-refractivity contribution in [2.75, 3.05) is 0 Å². The smallest absolute Gasteiger partial charge is 0.237 e. The van der Waals surface area contributed by atoms with Gasteiger partial charge in [-0.15, -0.1) is 0 Å². The zero-order valence-corrected chi connectivity index (χ0v) is 13.1. The molecule has 0 aliphatic heterocycles. The maximum atomic E-state index is 11.9. The van der Waals surface area contributed by atoms with Gasteiger partial charge < -0.3 is 11.1 Å². The standard InChI is InChI=1S/C15H28N2OS/c1-11(2)17-15(14(16)18)9-5-8-13(10-15)19-12-6-3-4-7-12/h11-13,17H,3-10H2,1-2H3,(H2,16,18). The van der Waals surface area contributed by atoms with Crippen LogP contribution in [0.15, 0.2) is 0 Å². The molecule has 2 rings (SSSR count). The van der Waals surface area contributed by atoms with E-state index in [1.807, 2.05) is 0 Å². The summed E-state index contributed by atoms with van der Waals surface area (Å²) >= 11 is 2.13. The summed E-state index contributed by atoms with van der Waals surface area (Å²) in [5, 5.41) is 4.90. The van der Waals surface area contributed by atoms with E-state index in [1.165, 1.54) is 32.1 Å². The molecular weight excluding hydrogens is 256 g/mol. The Hall–Kier alpha value is -0.220. The molecular formula is C15H28N2OS. The Morgan fingerprint density at radius 3 is 2.42 bits per heavy atom. The molecule has 2 saturated carbocycles. The van der Waals surface area contributed by atoms with Crippen LogP contribution in [0.3, 0.4) is 0 Å². The van der Waals surface area contributed by atoms with Crippen LogP contribution in [0.5, 0.6) is 0 Å². The molecule has 0 aromatic carbocycles. The van der Waals surface area contributed by atoms with Crippen LogP contribution in [0.25, 0.3) is 0 Å². The Morgan fingerprint density at radius 2 is 1.84 bits per heavy atom. The minimum atomic E-state index is -0.456. The van der Waals surface area contributed by atoms with Crippen molar-refractivity contribution < 1.29 is 4.79 Å². The number of hydrogen-bond acceptors (Lipinski definition) is 3. The summed E-state index contributed by atoms with van der Waals surface area (Å²) in [6.45, 7) is 4.19. The van der Waals surface area contributed by atoms with Gasteiger partial charge in [-0.2, -0.15) is 11.8 Å². The van der Waals surface area contributed by atoms with Crippen LogP contribution in [-0.2, 0) is 4.79 Å². The second-order valence-corrected chi connectivity index (χ2v) is 8.11. The van der Waals surface area contributed by atoms with E-state index in [4.69, 9.17) is 5.73 Å². The highest BCUT2D eigenvalue weighted by Crippen LogP contribution is 2.41. The zero-order chi connectivity index (χ0) is 13.9. The van der Waals surface area contributed by atoms with Crippen LogP contribution in [0, 0.1) is 0 Å². The van der Waals surface area contributed by atoms with Crippen molar-refractivity contribution in [3.8, 4) is 0 Å². The fraction of sp³-hybridized carbons (Fsp3) is 0.933. The predicted molar refractivity (Wildman–Crippen MR) is 82.3 cm³/mol. The van der Waals surface area contributed by atoms with Gasteiger partial charge in [0.1, 0.15) is 0 Å². The Balaban J connectivity index is 1.98. The summed E-state index contributed by atoms with van der Waals surface area (Å²) in [6.07, 6.45) is 9.68. The highest BCUT2D eigenvalue weighted by atomic mass is 32.2. The molecule has 1 amide bonds. The molecule has 19 heavy (non-hydrogen) atoms. The maximum Gasteiger partial charge on any atom is 0.237 e. The zero-order valence-electron chi connectivity index (χ0n) is 12.3. The SMILES string of the molecule is CC(C)NC1(C(N)=O)CCCC(SC2CCCC2)C1. The van der Waals surface area contributed by atoms with E-state index in [0.29, 0.717) is 11.3 Å². The van der Waals surface area contributed by atoms with Gasteiger partial charge in [-0.05, 0) is 52.4 Å². The summed E-state index contributed by atoms with van der Waals surface area (Å²) < 4.78 is 0. The van der Waals surface area contributed by atoms with Crippen molar-refractivity contribution in [3.63, 3.8) is 0 Å². The van der Waals surface area contributed by atoms with Gasteiger partial charge in [-0.3, -0.25) is 4.79 Å². The first-order chi connectivity index (χ1) is 9.02. The first-order valence-corrected chi connectivity index (χ1v) is 8.69. The van der Waals surface area contributed by atoms with E-state index in [2.05, 4.69) is 30.9 Å². The molecule has 0 radical (unpaired) electrons. The average molecular weight is 284 g/mol. The number of carbonyl (C=O) groups excluding carboxylic acids is 1. The van der Waals surface area contributed by atoms with Crippen molar-refractivity contribution in [1.82, 2.24) is 5.32 Å². The monoisotopic (exact) mass is 284 g/mol. The van der Waals surface area contributed by atoms with Gasteiger partial charge in [0.05, 0.1) is 5.54 Å². The fourth-order valence-electron chi connectivity index (χ4n) is 3.62. The molecule has 0 spiro atoms. The van der Waals surface area contributed by atoms with E-state index in [1.54, 1.807) is 0 Å². The second-order valence-electron chi connectivity index (χ2n) is 6.51. The second kappa shape index (κ2) is 6.49. The molecule has 110 valence electrons. The lowest BCUT2D eigenvalue weighted by Gasteiger charge is -2.41. The summed E-state index contributed by atoms with van der Waals surface area (Å²) in [5.74, 6) is -0.155. The lowest BCUT2D eigenvalue weighted by atomic mass is 9.80. The maximum absolute atomic E-state index is 11.9. The van der Waals surface area contributed by atoms with Gasteiger partial charge in [0.25, 0.3) is 0 Å². The van der Waals surface area contributed by atoms with E-state index in [9.17, 15) is 4.79 Å². The Kier molecular flexibility index (Phi) is 5.18. The lowest BCUT2D eigenvalue weighted by molar-refractivity contribution is -0.126. The normalized spacial score (nSPS) is 32.9. The molecule has 4 heteroatoms. The van der Waals surface area contributed by atoms with Crippen molar-refractivity contribution in [2.45, 2.75) is 87.3 Å². The number of primary amides is 1. The fourth-order valence-corrected chi connectivity index (χ4v) is 5.45. The molecule has 0 heterocycles. The van der Waals surface area contributed by atoms with E-state index in [0.717, 1.165) is 24.5 Å². The van der Waals surface area contributed by atoms with Gasteiger partial charge in [-0.1, -0.05) is 12.8 Å². The highest BCUT2D eigenvalue weighted by Gasteiger charge is 2.42. The van der Waals surface area contributed by atoms with Gasteiger partial charge in [0.2, 0.25) is 5.91 Å². The van der Waals surface area contributed by atoms with Crippen LogP contribution < -0.4 is 11.1 Å². The molecule has 2 atom stereocenters. The number of thioether (sulfide) groups is 1. The van der Waals surface area contributed by atoms with Crippen molar-refractivity contribution in [2.24, 2.45) is 5.73 Å². The Bertz CT molecular complexity index is 315. The first kappa shape index (κ1) is 15.2. The molecule has 2 aliphatic carbocycles. The Morgan fingerprint density at radius 1 is 1.21 bits per heavy atom. The highest BCUT2D eigenvalue weighted by molar-refractivity contribution is 8.00. The van der Waals surface area contributed by atoms with Gasteiger partial charge in [0.15, 0.2) is 0 Å². The molecule has 0 bridgehead atoms. The van der Waals surface area contributed by atoms with Crippen LogP contribution in [0.2, 0.25) is 0 Å². The van der Waals surface area contributed by atoms with Gasteiger partial charge >= 0.3 is 0 Å². The van der Waals surface area contributed by atoms with Crippen LogP contribution in [0.4, 0.5) is 0 Å². The molecule has 2 fully saturated rings. The van der Waals surface area contributed by atoms with Gasteiger partial charge in [-0.25, -0.2) is 0 Å². The predicted octanol–water partition coefficient (Wildman–Crippen LogP) is 2.83. The third-order valence-corrected chi connectivity index (χ3v) is 6.07. The number of amides is 1. The number of nitrogens with one attached hydrogen (secondary N) is 1. The van der Waals surface area contributed by atoms with Gasteiger partial charge in [0, 0.05) is 16.5 Å². The molecule has 0 aromatic rings. The minimum Gasteiger partial charge on any atom is -0.368 e. The number of hydrogen-bond donors (Lipinski definition) is 2. The Labute approximate surface area is 121 Å². The van der Waals surface area contributed by atoms with Crippen LogP contribution >= 0.6 is 11.8 Å². The molecule has 2 aliphatic rings. The topological polar surface area (TPSA) is 55.1 Å². The minimum absolute atomic E-state index is 0.155. The molecule has 0 aromatic heterocycles. The largest absolute Gasteiger partial charge is 0.368 e. The quantitative estimate of drug-likeness (QED) is 0.816. The van der Waals surface area contributed by atoms with Crippen molar-refractivity contribution in [3.05, 3.63) is 0 Å². The summed E-state index contributed by atoms with van der Waals surface area (Å²) in [4.78, 5) is 11.9. The first-order valence-electron chi connectivity index (χ1n) is 7.75. The van der Waals surface area contributed by atoms with E-state index >= 15 is 0 Å². The summed E-state index contributed by atoms with van der Waals surface area (Å²) in [5.41, 5.74) is 5.25. The molecule has 3 nitrogen and oxygen atoms in total. The van der Waals surface area contributed by atoms with Crippen LogP contribution in [0.1, 0.15) is 65.2 Å². The molecule has 0 saturated heterocycles. The average Bonchev–Trinajstić information content (AvgIpc) is 2.81. The third kappa shape index (κ3) is 3.88. The lowest BCUT2D eigenvalue weighted by Crippen LogP contribution is -2.60.